The number of rotatable bonds is 4. The first kappa shape index (κ1) is 18.4. The van der Waals surface area contributed by atoms with Crippen LogP contribution in [0, 0.1) is 11.6 Å². The lowest BCUT2D eigenvalue weighted by atomic mass is 10.0. The largest absolute Gasteiger partial charge is 0.506 e. The van der Waals surface area contributed by atoms with E-state index in [-0.39, 0.29) is 5.75 Å². The molecular formula is C19H17F2N5O. The summed E-state index contributed by atoms with van der Waals surface area (Å²) in [6.45, 7) is 1.69. The third-order valence-electron chi connectivity index (χ3n) is 3.59. The smallest absolute Gasteiger partial charge is 0.155 e. The van der Waals surface area contributed by atoms with Gasteiger partial charge in [0.1, 0.15) is 23.1 Å². The first-order valence-corrected chi connectivity index (χ1v) is 8.10. The van der Waals surface area contributed by atoms with Gasteiger partial charge in [0.15, 0.2) is 5.84 Å². The molecule has 2 aromatic carbocycles. The molecule has 4 N–H and O–H groups in total. The fourth-order valence-corrected chi connectivity index (χ4v) is 2.46. The van der Waals surface area contributed by atoms with Gasteiger partial charge in [0.25, 0.3) is 0 Å². The van der Waals surface area contributed by atoms with Crippen molar-refractivity contribution in [3.8, 4) is 16.9 Å². The van der Waals surface area contributed by atoms with Crippen LogP contribution in [0.3, 0.4) is 0 Å². The van der Waals surface area contributed by atoms with Gasteiger partial charge in [-0.05, 0) is 54.4 Å². The molecule has 0 saturated heterocycles. The van der Waals surface area contributed by atoms with Crippen LogP contribution in [-0.4, -0.2) is 27.3 Å². The second kappa shape index (κ2) is 7.88. The molecule has 0 saturated carbocycles. The van der Waals surface area contributed by atoms with Crippen molar-refractivity contribution in [1.29, 1.82) is 0 Å². The second-order valence-electron chi connectivity index (χ2n) is 5.84. The Morgan fingerprint density at radius 1 is 1.11 bits per heavy atom. The highest BCUT2D eigenvalue weighted by atomic mass is 19.1. The zero-order valence-electron chi connectivity index (χ0n) is 14.4. The van der Waals surface area contributed by atoms with Crippen molar-refractivity contribution < 1.29 is 13.9 Å². The minimum atomic E-state index is -0.694. The Morgan fingerprint density at radius 2 is 1.85 bits per heavy atom. The van der Waals surface area contributed by atoms with E-state index < -0.39 is 17.8 Å². The molecule has 0 bridgehead atoms. The van der Waals surface area contributed by atoms with E-state index in [1.807, 2.05) is 0 Å². The summed E-state index contributed by atoms with van der Waals surface area (Å²) in [5.74, 6) is -1.18. The van der Waals surface area contributed by atoms with Gasteiger partial charge in [0.2, 0.25) is 0 Å². The fourth-order valence-electron chi connectivity index (χ4n) is 2.46. The number of halogens is 2. The van der Waals surface area contributed by atoms with Gasteiger partial charge in [0, 0.05) is 12.3 Å². The molecule has 0 aliphatic rings. The summed E-state index contributed by atoms with van der Waals surface area (Å²) in [5, 5.41) is 21.1. The number of aromatic hydroxyl groups is 1. The van der Waals surface area contributed by atoms with Gasteiger partial charge in [-0.25, -0.2) is 13.8 Å². The molecule has 0 aliphatic heterocycles. The van der Waals surface area contributed by atoms with E-state index in [0.29, 0.717) is 28.3 Å². The van der Waals surface area contributed by atoms with Crippen LogP contribution in [0.1, 0.15) is 12.6 Å². The normalized spacial score (nSPS) is 12.7. The van der Waals surface area contributed by atoms with E-state index in [4.69, 9.17) is 5.73 Å². The third-order valence-corrected chi connectivity index (χ3v) is 3.59. The Labute approximate surface area is 154 Å². The number of nitrogens with two attached hydrogens (primary N) is 1. The van der Waals surface area contributed by atoms with Gasteiger partial charge in [-0.3, -0.25) is 0 Å². The Balaban J connectivity index is 1.93. The predicted octanol–water partition coefficient (Wildman–Crippen LogP) is 3.29. The Morgan fingerprint density at radius 3 is 2.44 bits per heavy atom. The molecule has 1 heterocycles. The molecule has 6 nitrogen and oxygen atoms in total. The molecule has 0 amide bonds. The number of phenols is 1. The average Bonchev–Trinajstić information content (AvgIpc) is 2.62. The lowest BCUT2D eigenvalue weighted by Gasteiger charge is -2.13. The van der Waals surface area contributed by atoms with Crippen molar-refractivity contribution >= 4 is 11.5 Å². The number of hydrogen-bond acceptors (Lipinski definition) is 5. The quantitative estimate of drug-likeness (QED) is 0.373. The lowest BCUT2D eigenvalue weighted by Crippen LogP contribution is -2.22. The standard InChI is InChI=1S/C19H17F2N5O/c1-11(22)24-19(17-3-2-6-23-26-17)25-16-5-4-12(9-18(16)27)13-7-14(20)10-15(21)8-13/h2-11,27H,22H2,1H3,(H,24,25). The van der Waals surface area contributed by atoms with Crippen molar-refractivity contribution in [3.63, 3.8) is 0 Å². The molecule has 0 radical (unpaired) electrons. The zero-order chi connectivity index (χ0) is 19.4. The van der Waals surface area contributed by atoms with E-state index in [1.54, 1.807) is 31.2 Å². The fraction of sp³-hybridized carbons (Fsp3) is 0.105. The van der Waals surface area contributed by atoms with Gasteiger partial charge in [-0.2, -0.15) is 5.10 Å². The Bertz CT molecular complexity index is 957. The molecule has 0 spiro atoms. The molecule has 3 rings (SSSR count). The molecule has 1 atom stereocenters. The maximum Gasteiger partial charge on any atom is 0.155 e. The summed E-state index contributed by atoms with van der Waals surface area (Å²) < 4.78 is 26.8. The number of aliphatic imine (C=N–C) groups is 1. The van der Waals surface area contributed by atoms with Gasteiger partial charge in [-0.15, -0.1) is 5.10 Å². The maximum absolute atomic E-state index is 13.4. The van der Waals surface area contributed by atoms with Crippen molar-refractivity contribution in [1.82, 2.24) is 10.2 Å². The zero-order valence-corrected chi connectivity index (χ0v) is 14.4. The van der Waals surface area contributed by atoms with Crippen molar-refractivity contribution in [3.05, 3.63) is 72.1 Å². The van der Waals surface area contributed by atoms with E-state index in [1.165, 1.54) is 24.4 Å². The van der Waals surface area contributed by atoms with Crippen LogP contribution in [0.4, 0.5) is 14.5 Å². The summed E-state index contributed by atoms with van der Waals surface area (Å²) in [5.41, 5.74) is 7.30. The number of phenolic OH excluding ortho intramolecular Hbond substituents is 1. The second-order valence-corrected chi connectivity index (χ2v) is 5.84. The van der Waals surface area contributed by atoms with E-state index in [0.717, 1.165) is 6.07 Å². The SMILES string of the molecule is CC(N)N=C(Nc1ccc(-c2cc(F)cc(F)c2)cc1O)c1cccnn1. The van der Waals surface area contributed by atoms with Crippen LogP contribution in [0.25, 0.3) is 11.1 Å². The summed E-state index contributed by atoms with van der Waals surface area (Å²) in [7, 11) is 0. The maximum atomic E-state index is 13.4. The molecule has 1 aromatic heterocycles. The van der Waals surface area contributed by atoms with Gasteiger partial charge >= 0.3 is 0 Å². The first-order chi connectivity index (χ1) is 12.9. The Kier molecular flexibility index (Phi) is 5.37. The van der Waals surface area contributed by atoms with Crippen molar-refractivity contribution in [2.24, 2.45) is 10.7 Å². The summed E-state index contributed by atoms with van der Waals surface area (Å²) in [6.07, 6.45) is 1.02. The van der Waals surface area contributed by atoms with Gasteiger partial charge in [-0.1, -0.05) is 6.07 Å². The highest BCUT2D eigenvalue weighted by Crippen LogP contribution is 2.31. The Hall–Kier alpha value is -3.39. The lowest BCUT2D eigenvalue weighted by molar-refractivity contribution is 0.478. The molecule has 1 unspecified atom stereocenters. The third kappa shape index (κ3) is 4.62. The monoisotopic (exact) mass is 369 g/mol. The number of aromatic nitrogens is 2. The molecule has 3 aromatic rings. The number of benzene rings is 2. The molecule has 0 fully saturated rings. The van der Waals surface area contributed by atoms with Gasteiger partial charge < -0.3 is 16.2 Å². The first-order valence-electron chi connectivity index (χ1n) is 8.10. The molecule has 138 valence electrons. The summed E-state index contributed by atoms with van der Waals surface area (Å²) in [6, 6.07) is 11.1. The van der Waals surface area contributed by atoms with Crippen LogP contribution >= 0.6 is 0 Å². The van der Waals surface area contributed by atoms with Crippen LogP contribution in [0.15, 0.2) is 59.7 Å². The number of amidine groups is 1. The minimum absolute atomic E-state index is 0.126. The van der Waals surface area contributed by atoms with Crippen LogP contribution in [-0.2, 0) is 0 Å². The summed E-state index contributed by atoms with van der Waals surface area (Å²) >= 11 is 0. The van der Waals surface area contributed by atoms with E-state index in [2.05, 4.69) is 20.5 Å². The van der Waals surface area contributed by atoms with E-state index >= 15 is 0 Å². The van der Waals surface area contributed by atoms with Crippen molar-refractivity contribution in [2.45, 2.75) is 13.1 Å². The van der Waals surface area contributed by atoms with Crippen LogP contribution < -0.4 is 11.1 Å². The molecule has 8 heteroatoms. The number of hydrogen-bond donors (Lipinski definition) is 3. The van der Waals surface area contributed by atoms with Crippen LogP contribution in [0.5, 0.6) is 5.75 Å². The topological polar surface area (TPSA) is 96.4 Å². The highest BCUT2D eigenvalue weighted by Gasteiger charge is 2.12. The minimum Gasteiger partial charge on any atom is -0.506 e. The highest BCUT2D eigenvalue weighted by molar-refractivity contribution is 6.07. The molecular weight excluding hydrogens is 352 g/mol. The molecule has 27 heavy (non-hydrogen) atoms. The van der Waals surface area contributed by atoms with Crippen LogP contribution in [0.2, 0.25) is 0 Å². The molecule has 0 aliphatic carbocycles. The average molecular weight is 369 g/mol. The predicted molar refractivity (Wildman–Crippen MR) is 99.3 cm³/mol. The van der Waals surface area contributed by atoms with Crippen molar-refractivity contribution in [2.75, 3.05) is 5.32 Å². The number of nitrogens with zero attached hydrogens (tertiary/aromatic N) is 3. The van der Waals surface area contributed by atoms with Gasteiger partial charge in [0.05, 0.1) is 11.9 Å². The number of nitrogens with one attached hydrogen (secondary N) is 1. The number of anilines is 1. The summed E-state index contributed by atoms with van der Waals surface area (Å²) in [4.78, 5) is 4.26. The van der Waals surface area contributed by atoms with E-state index in [9.17, 15) is 13.9 Å².